The van der Waals surface area contributed by atoms with Crippen molar-refractivity contribution in [2.24, 2.45) is 0 Å². The molecule has 5 heteroatoms. The molecule has 4 aromatic carbocycles. The zero-order valence-electron chi connectivity index (χ0n) is 23.3. The summed E-state index contributed by atoms with van der Waals surface area (Å²) < 4.78 is 5.88. The number of rotatable bonds is 13. The van der Waals surface area contributed by atoms with Gasteiger partial charge in [-0.3, -0.25) is 9.59 Å². The lowest BCUT2D eigenvalue weighted by atomic mass is 9.98. The minimum atomic E-state index is -0.762. The van der Waals surface area contributed by atoms with Crippen molar-refractivity contribution in [1.29, 1.82) is 0 Å². The van der Waals surface area contributed by atoms with E-state index in [2.05, 4.69) is 36.4 Å². The Kier molecular flexibility index (Phi) is 10.1. The largest absolute Gasteiger partial charge is 0.494 e. The summed E-state index contributed by atoms with van der Waals surface area (Å²) in [5.41, 5.74) is 6.17. The molecule has 0 aliphatic heterocycles. The number of carbonyl (C=O) groups excluding carboxylic acids is 1. The maximum absolute atomic E-state index is 13.5. The molecule has 0 aromatic heterocycles. The number of hydrogen-bond donors (Lipinski definition) is 1. The molecule has 0 heterocycles. The highest BCUT2D eigenvalue weighted by Crippen LogP contribution is 2.27. The lowest BCUT2D eigenvalue weighted by Crippen LogP contribution is -2.36. The molecule has 40 heavy (non-hydrogen) atoms. The highest BCUT2D eigenvalue weighted by atomic mass is 16.5. The average molecular weight is 536 g/mol. The highest BCUT2D eigenvalue weighted by Gasteiger charge is 2.19. The summed E-state index contributed by atoms with van der Waals surface area (Å²) in [6, 6.07) is 34.5. The predicted molar refractivity (Wildman–Crippen MR) is 160 cm³/mol. The van der Waals surface area contributed by atoms with Gasteiger partial charge in [0.25, 0.3) is 5.91 Å². The molecule has 0 fully saturated rings. The van der Waals surface area contributed by atoms with Crippen molar-refractivity contribution in [1.82, 2.24) is 4.90 Å². The standard InChI is InChI=1S/C35H37NO4/c1-26(2)36(25-27-11-9-16-33(23-27)40-22-8-4-7-17-34(37)38)35(39)30-20-18-29(19-21-30)32-15-10-14-31(24-32)28-12-5-3-6-13-28/h3,5-6,9-16,18-21,23-24,26H,4,7-8,17,22,25H2,1-2H3,(H,37,38). The molecule has 0 aliphatic carbocycles. The predicted octanol–water partition coefficient (Wildman–Crippen LogP) is 8.10. The number of ether oxygens (including phenoxy) is 1. The number of carboxylic acids is 1. The van der Waals surface area contributed by atoms with E-state index in [9.17, 15) is 9.59 Å². The second-order valence-electron chi connectivity index (χ2n) is 10.3. The van der Waals surface area contributed by atoms with Crippen LogP contribution in [-0.4, -0.2) is 34.5 Å². The summed E-state index contributed by atoms with van der Waals surface area (Å²) in [6.45, 7) is 5.07. The summed E-state index contributed by atoms with van der Waals surface area (Å²) in [7, 11) is 0. The van der Waals surface area contributed by atoms with Gasteiger partial charge in [0.15, 0.2) is 0 Å². The Bertz CT molecular complexity index is 1400. The number of benzene rings is 4. The van der Waals surface area contributed by atoms with E-state index in [4.69, 9.17) is 9.84 Å². The molecule has 4 rings (SSSR count). The molecular weight excluding hydrogens is 498 g/mol. The number of aliphatic carboxylic acids is 1. The van der Waals surface area contributed by atoms with Crippen LogP contribution in [0.2, 0.25) is 0 Å². The number of carboxylic acid groups (broad SMARTS) is 1. The maximum Gasteiger partial charge on any atom is 0.303 e. The smallest absolute Gasteiger partial charge is 0.303 e. The molecule has 0 radical (unpaired) electrons. The Morgan fingerprint density at radius 1 is 0.725 bits per heavy atom. The first-order valence-corrected chi connectivity index (χ1v) is 13.9. The summed E-state index contributed by atoms with van der Waals surface area (Å²) in [5.74, 6) is -0.0132. The van der Waals surface area contributed by atoms with Crippen LogP contribution in [0.5, 0.6) is 5.75 Å². The molecule has 5 nitrogen and oxygen atoms in total. The van der Waals surface area contributed by atoms with Crippen molar-refractivity contribution < 1.29 is 19.4 Å². The van der Waals surface area contributed by atoms with Gasteiger partial charge in [-0.1, -0.05) is 72.8 Å². The van der Waals surface area contributed by atoms with Crippen LogP contribution < -0.4 is 4.74 Å². The van der Waals surface area contributed by atoms with Gasteiger partial charge in [-0.2, -0.15) is 0 Å². The molecule has 1 N–H and O–H groups in total. The van der Waals surface area contributed by atoms with Crippen LogP contribution in [0.25, 0.3) is 22.3 Å². The molecule has 0 unspecified atom stereocenters. The fraction of sp³-hybridized carbons (Fsp3) is 0.257. The Balaban J connectivity index is 1.40. The third kappa shape index (κ3) is 8.06. The normalized spacial score (nSPS) is 10.9. The lowest BCUT2D eigenvalue weighted by molar-refractivity contribution is -0.137. The van der Waals surface area contributed by atoms with Gasteiger partial charge in [0.2, 0.25) is 0 Å². The van der Waals surface area contributed by atoms with Crippen LogP contribution in [0.3, 0.4) is 0 Å². The third-order valence-corrected chi connectivity index (χ3v) is 6.87. The van der Waals surface area contributed by atoms with Crippen molar-refractivity contribution in [3.8, 4) is 28.0 Å². The Morgan fingerprint density at radius 3 is 2.05 bits per heavy atom. The summed E-state index contributed by atoms with van der Waals surface area (Å²) in [4.78, 5) is 26.0. The van der Waals surface area contributed by atoms with Gasteiger partial charge in [-0.05, 0) is 91.3 Å². The SMILES string of the molecule is CC(C)N(Cc1cccc(OCCCCCC(=O)O)c1)C(=O)c1ccc(-c2cccc(-c3ccccc3)c2)cc1. The van der Waals surface area contributed by atoms with Gasteiger partial charge in [0, 0.05) is 24.6 Å². The van der Waals surface area contributed by atoms with Gasteiger partial charge < -0.3 is 14.7 Å². The second kappa shape index (κ2) is 14.1. The van der Waals surface area contributed by atoms with Crippen LogP contribution in [-0.2, 0) is 11.3 Å². The average Bonchev–Trinajstić information content (AvgIpc) is 2.98. The van der Waals surface area contributed by atoms with Crippen molar-refractivity contribution in [3.05, 3.63) is 114 Å². The fourth-order valence-electron chi connectivity index (χ4n) is 4.64. The topological polar surface area (TPSA) is 66.8 Å². The molecule has 0 atom stereocenters. The molecule has 4 aromatic rings. The van der Waals surface area contributed by atoms with E-state index in [1.54, 1.807) is 0 Å². The minimum absolute atomic E-state index is 0.00987. The first-order chi connectivity index (χ1) is 19.4. The lowest BCUT2D eigenvalue weighted by Gasteiger charge is -2.27. The van der Waals surface area contributed by atoms with Crippen LogP contribution in [0.4, 0.5) is 0 Å². The second-order valence-corrected chi connectivity index (χ2v) is 10.3. The Hall–Kier alpha value is -4.38. The third-order valence-electron chi connectivity index (χ3n) is 6.87. The van der Waals surface area contributed by atoms with Crippen LogP contribution in [0, 0.1) is 0 Å². The van der Waals surface area contributed by atoms with Gasteiger partial charge in [0.05, 0.1) is 6.61 Å². The van der Waals surface area contributed by atoms with E-state index in [1.807, 2.05) is 85.5 Å². The molecule has 0 saturated carbocycles. The fourth-order valence-corrected chi connectivity index (χ4v) is 4.64. The van der Waals surface area contributed by atoms with E-state index in [0.29, 0.717) is 25.1 Å². The van der Waals surface area contributed by atoms with Gasteiger partial charge in [0.1, 0.15) is 5.75 Å². The zero-order valence-corrected chi connectivity index (χ0v) is 23.3. The number of hydrogen-bond acceptors (Lipinski definition) is 3. The van der Waals surface area contributed by atoms with Crippen molar-refractivity contribution in [2.75, 3.05) is 6.61 Å². The molecule has 0 aliphatic rings. The van der Waals surface area contributed by atoms with E-state index in [-0.39, 0.29) is 18.4 Å². The Morgan fingerprint density at radius 2 is 1.38 bits per heavy atom. The van der Waals surface area contributed by atoms with Gasteiger partial charge in [-0.15, -0.1) is 0 Å². The quantitative estimate of drug-likeness (QED) is 0.176. The van der Waals surface area contributed by atoms with E-state index in [1.165, 1.54) is 5.56 Å². The molecular formula is C35H37NO4. The monoisotopic (exact) mass is 535 g/mol. The van der Waals surface area contributed by atoms with Gasteiger partial charge in [-0.25, -0.2) is 0 Å². The van der Waals surface area contributed by atoms with Crippen molar-refractivity contribution in [3.63, 3.8) is 0 Å². The van der Waals surface area contributed by atoms with Crippen LogP contribution >= 0.6 is 0 Å². The highest BCUT2D eigenvalue weighted by molar-refractivity contribution is 5.95. The number of amides is 1. The number of carbonyl (C=O) groups is 2. The zero-order chi connectivity index (χ0) is 28.3. The van der Waals surface area contributed by atoms with Gasteiger partial charge >= 0.3 is 5.97 Å². The first kappa shape index (κ1) is 28.6. The van der Waals surface area contributed by atoms with Crippen LogP contribution in [0.1, 0.15) is 55.5 Å². The summed E-state index contributed by atoms with van der Waals surface area (Å²) >= 11 is 0. The van der Waals surface area contributed by atoms with E-state index < -0.39 is 5.97 Å². The van der Waals surface area contributed by atoms with E-state index in [0.717, 1.165) is 40.8 Å². The first-order valence-electron chi connectivity index (χ1n) is 13.9. The summed E-state index contributed by atoms with van der Waals surface area (Å²) in [6.07, 6.45) is 2.48. The van der Waals surface area contributed by atoms with E-state index >= 15 is 0 Å². The molecule has 1 amide bonds. The molecule has 0 spiro atoms. The molecule has 0 saturated heterocycles. The number of nitrogens with zero attached hydrogens (tertiary/aromatic N) is 1. The maximum atomic E-state index is 13.5. The Labute approximate surface area is 237 Å². The molecule has 0 bridgehead atoms. The summed E-state index contributed by atoms with van der Waals surface area (Å²) in [5, 5.41) is 8.75. The number of unbranched alkanes of at least 4 members (excludes halogenated alkanes) is 2. The van der Waals surface area contributed by atoms with Crippen LogP contribution in [0.15, 0.2) is 103 Å². The van der Waals surface area contributed by atoms with Crippen molar-refractivity contribution in [2.45, 2.75) is 52.1 Å². The van der Waals surface area contributed by atoms with Crippen molar-refractivity contribution >= 4 is 11.9 Å². The minimum Gasteiger partial charge on any atom is -0.494 e. The molecule has 206 valence electrons.